The van der Waals surface area contributed by atoms with Crippen molar-refractivity contribution in [2.75, 3.05) is 26.7 Å². The maximum Gasteiger partial charge on any atom is 0.228 e. The molecule has 5 nitrogen and oxygen atoms in total. The molecular weight excluding hydrogens is 284 g/mol. The Labute approximate surface area is 129 Å². The summed E-state index contributed by atoms with van der Waals surface area (Å²) in [6.45, 7) is 2.87. The van der Waals surface area contributed by atoms with Gasteiger partial charge < -0.3 is 10.2 Å². The number of hydrogen-bond acceptors (Lipinski definition) is 4. The Morgan fingerprint density at radius 1 is 1.48 bits per heavy atom. The number of carbonyl (C=O) groups is 1. The average Bonchev–Trinajstić information content (AvgIpc) is 3.06. The molecule has 2 aromatic heterocycles. The molecule has 1 aliphatic heterocycles. The van der Waals surface area contributed by atoms with Crippen molar-refractivity contribution in [1.29, 1.82) is 0 Å². The van der Waals surface area contributed by atoms with E-state index in [4.69, 9.17) is 0 Å². The topological polar surface area (TPSA) is 49.6 Å². The first kappa shape index (κ1) is 14.5. The highest BCUT2D eigenvalue weighted by atomic mass is 32.1. The van der Waals surface area contributed by atoms with Crippen molar-refractivity contribution in [3.8, 4) is 0 Å². The summed E-state index contributed by atoms with van der Waals surface area (Å²) in [6.07, 6.45) is 7.85. The zero-order valence-corrected chi connectivity index (χ0v) is 13.2. The van der Waals surface area contributed by atoms with Gasteiger partial charge in [-0.3, -0.25) is 9.20 Å². The van der Waals surface area contributed by atoms with Crippen molar-refractivity contribution in [1.82, 2.24) is 19.6 Å². The minimum atomic E-state index is 0.216. The molecule has 0 aromatic carbocycles. The molecule has 114 valence electrons. The number of amides is 1. The fourth-order valence-corrected chi connectivity index (χ4v) is 3.67. The second-order valence-corrected chi connectivity index (χ2v) is 6.59. The molecular formula is C15H22N4OS. The molecule has 1 aliphatic rings. The Morgan fingerprint density at radius 2 is 2.29 bits per heavy atom. The van der Waals surface area contributed by atoms with E-state index >= 15 is 0 Å². The van der Waals surface area contributed by atoms with Crippen LogP contribution in [-0.4, -0.2) is 46.9 Å². The van der Waals surface area contributed by atoms with Crippen molar-refractivity contribution < 1.29 is 4.79 Å². The Kier molecular flexibility index (Phi) is 4.55. The van der Waals surface area contributed by atoms with Crippen LogP contribution in [0.15, 0.2) is 17.8 Å². The molecule has 0 atom stereocenters. The van der Waals surface area contributed by atoms with Crippen LogP contribution < -0.4 is 5.32 Å². The largest absolute Gasteiger partial charge is 0.342 e. The standard InChI is InChI=1S/C15H22N4OS/c1-16-5-2-12-3-6-18(7-4-12)14(20)10-13-11-19-8-9-21-15(19)17-13/h8-9,11-12,16H,2-7,10H2,1H3. The third-order valence-corrected chi connectivity index (χ3v) is 5.02. The summed E-state index contributed by atoms with van der Waals surface area (Å²) < 4.78 is 1.98. The highest BCUT2D eigenvalue weighted by Gasteiger charge is 2.23. The zero-order valence-electron chi connectivity index (χ0n) is 12.4. The Morgan fingerprint density at radius 3 is 3.00 bits per heavy atom. The quantitative estimate of drug-likeness (QED) is 0.916. The van der Waals surface area contributed by atoms with Gasteiger partial charge in [0.25, 0.3) is 0 Å². The predicted octanol–water partition coefficient (Wildman–Crippen LogP) is 1.79. The van der Waals surface area contributed by atoms with Crippen LogP contribution in [0.1, 0.15) is 25.0 Å². The minimum absolute atomic E-state index is 0.216. The van der Waals surface area contributed by atoms with Gasteiger partial charge >= 0.3 is 0 Å². The first-order valence-corrected chi connectivity index (χ1v) is 8.47. The van der Waals surface area contributed by atoms with E-state index in [9.17, 15) is 4.79 Å². The number of likely N-dealkylation sites (tertiary alicyclic amines) is 1. The molecule has 0 radical (unpaired) electrons. The number of aromatic nitrogens is 2. The molecule has 0 saturated carbocycles. The van der Waals surface area contributed by atoms with Crippen LogP contribution in [0.3, 0.4) is 0 Å². The van der Waals surface area contributed by atoms with Crippen LogP contribution in [0.4, 0.5) is 0 Å². The summed E-state index contributed by atoms with van der Waals surface area (Å²) in [6, 6.07) is 0. The van der Waals surface area contributed by atoms with Crippen LogP contribution in [-0.2, 0) is 11.2 Å². The SMILES string of the molecule is CNCCC1CCN(C(=O)Cc2cn3ccsc3n2)CC1. The Hall–Kier alpha value is -1.40. The van der Waals surface area contributed by atoms with E-state index in [2.05, 4.69) is 10.3 Å². The number of carbonyl (C=O) groups excluding carboxylic acids is 1. The maximum atomic E-state index is 12.4. The smallest absolute Gasteiger partial charge is 0.228 e. The molecule has 1 N–H and O–H groups in total. The second-order valence-electron chi connectivity index (χ2n) is 5.72. The maximum absolute atomic E-state index is 12.4. The first-order valence-electron chi connectivity index (χ1n) is 7.59. The van der Waals surface area contributed by atoms with Crippen LogP contribution in [0.2, 0.25) is 0 Å². The molecule has 6 heteroatoms. The van der Waals surface area contributed by atoms with E-state index in [-0.39, 0.29) is 5.91 Å². The lowest BCUT2D eigenvalue weighted by Gasteiger charge is -2.32. The van der Waals surface area contributed by atoms with Crippen molar-refractivity contribution in [3.63, 3.8) is 0 Å². The number of nitrogens with one attached hydrogen (secondary N) is 1. The highest BCUT2D eigenvalue weighted by molar-refractivity contribution is 7.15. The fraction of sp³-hybridized carbons (Fsp3) is 0.600. The molecule has 1 amide bonds. The molecule has 0 aliphatic carbocycles. The van der Waals surface area contributed by atoms with E-state index in [1.54, 1.807) is 11.3 Å². The summed E-state index contributed by atoms with van der Waals surface area (Å²) >= 11 is 1.60. The lowest BCUT2D eigenvalue weighted by atomic mass is 9.93. The lowest BCUT2D eigenvalue weighted by molar-refractivity contribution is -0.131. The van der Waals surface area contributed by atoms with Crippen LogP contribution in [0, 0.1) is 5.92 Å². The normalized spacial score (nSPS) is 16.7. The number of piperidine rings is 1. The zero-order chi connectivity index (χ0) is 14.7. The van der Waals surface area contributed by atoms with Gasteiger partial charge in [-0.25, -0.2) is 4.98 Å². The molecule has 0 spiro atoms. The van der Waals surface area contributed by atoms with Gasteiger partial charge in [0.15, 0.2) is 4.96 Å². The third kappa shape index (κ3) is 3.44. The van der Waals surface area contributed by atoms with Crippen LogP contribution in [0.5, 0.6) is 0 Å². The van der Waals surface area contributed by atoms with Gasteiger partial charge in [0.2, 0.25) is 5.91 Å². The average molecular weight is 306 g/mol. The molecule has 0 bridgehead atoms. The van der Waals surface area contributed by atoms with Crippen molar-refractivity contribution in [3.05, 3.63) is 23.5 Å². The van der Waals surface area contributed by atoms with Gasteiger partial charge in [0, 0.05) is 30.9 Å². The second kappa shape index (κ2) is 6.58. The number of imidazole rings is 1. The monoisotopic (exact) mass is 306 g/mol. The summed E-state index contributed by atoms with van der Waals surface area (Å²) in [5.41, 5.74) is 0.879. The number of fused-ring (bicyclic) bond motifs is 1. The minimum Gasteiger partial charge on any atom is -0.342 e. The van der Waals surface area contributed by atoms with Gasteiger partial charge in [0.1, 0.15) is 0 Å². The lowest BCUT2D eigenvalue weighted by Crippen LogP contribution is -2.39. The first-order chi connectivity index (χ1) is 10.3. The molecule has 2 aromatic rings. The molecule has 1 fully saturated rings. The van der Waals surface area contributed by atoms with Crippen molar-refractivity contribution >= 4 is 22.2 Å². The fourth-order valence-electron chi connectivity index (χ4n) is 2.95. The molecule has 1 saturated heterocycles. The predicted molar refractivity (Wildman–Crippen MR) is 84.6 cm³/mol. The summed E-state index contributed by atoms with van der Waals surface area (Å²) in [4.78, 5) is 19.8. The van der Waals surface area contributed by atoms with Gasteiger partial charge in [-0.05, 0) is 38.8 Å². The number of rotatable bonds is 5. The van der Waals surface area contributed by atoms with Gasteiger partial charge in [-0.2, -0.15) is 0 Å². The third-order valence-electron chi connectivity index (χ3n) is 4.25. The van der Waals surface area contributed by atoms with E-state index in [0.29, 0.717) is 6.42 Å². The van der Waals surface area contributed by atoms with E-state index in [0.717, 1.165) is 49.0 Å². The number of thiazole rings is 1. The van der Waals surface area contributed by atoms with Gasteiger partial charge in [0.05, 0.1) is 12.1 Å². The highest BCUT2D eigenvalue weighted by Crippen LogP contribution is 2.21. The summed E-state index contributed by atoms with van der Waals surface area (Å²) in [5, 5.41) is 5.21. The Balaban J connectivity index is 1.51. The van der Waals surface area contributed by atoms with E-state index < -0.39 is 0 Å². The molecule has 3 heterocycles. The van der Waals surface area contributed by atoms with Gasteiger partial charge in [-0.15, -0.1) is 11.3 Å². The summed E-state index contributed by atoms with van der Waals surface area (Å²) in [5.74, 6) is 0.979. The van der Waals surface area contributed by atoms with Crippen molar-refractivity contribution in [2.45, 2.75) is 25.7 Å². The Bertz CT molecular complexity index is 569. The van der Waals surface area contributed by atoms with E-state index in [1.165, 1.54) is 6.42 Å². The van der Waals surface area contributed by atoms with E-state index in [1.807, 2.05) is 34.1 Å². The van der Waals surface area contributed by atoms with Crippen LogP contribution in [0.25, 0.3) is 4.96 Å². The van der Waals surface area contributed by atoms with Crippen molar-refractivity contribution in [2.24, 2.45) is 5.92 Å². The van der Waals surface area contributed by atoms with Gasteiger partial charge in [-0.1, -0.05) is 0 Å². The van der Waals surface area contributed by atoms with Crippen LogP contribution >= 0.6 is 11.3 Å². The molecule has 3 rings (SSSR count). The molecule has 0 unspecified atom stereocenters. The number of nitrogens with zero attached hydrogens (tertiary/aromatic N) is 3. The summed E-state index contributed by atoms with van der Waals surface area (Å²) in [7, 11) is 1.99. The molecule has 21 heavy (non-hydrogen) atoms. The number of hydrogen-bond donors (Lipinski definition) is 1.